The van der Waals surface area contributed by atoms with Gasteiger partial charge in [-0.1, -0.05) is 19.9 Å². The minimum Gasteiger partial charge on any atom is -0.478 e. The number of hydrogen-bond acceptors (Lipinski definition) is 2. The van der Waals surface area contributed by atoms with Crippen LogP contribution in [-0.2, 0) is 0 Å². The van der Waals surface area contributed by atoms with Crippen molar-refractivity contribution in [3.63, 3.8) is 0 Å². The van der Waals surface area contributed by atoms with Gasteiger partial charge in [0.1, 0.15) is 5.52 Å². The van der Waals surface area contributed by atoms with Gasteiger partial charge >= 0.3 is 5.97 Å². The van der Waals surface area contributed by atoms with E-state index in [4.69, 9.17) is 0 Å². The Morgan fingerprint density at radius 2 is 1.95 bits per heavy atom. The van der Waals surface area contributed by atoms with E-state index in [1.165, 1.54) is 6.42 Å². The lowest BCUT2D eigenvalue weighted by Gasteiger charge is -2.32. The molecule has 1 fully saturated rings. The van der Waals surface area contributed by atoms with E-state index in [9.17, 15) is 9.90 Å². The summed E-state index contributed by atoms with van der Waals surface area (Å²) < 4.78 is 2.17. The Kier molecular flexibility index (Phi) is 3.24. The summed E-state index contributed by atoms with van der Waals surface area (Å²) in [5.74, 6) is 0.513. The molecule has 2 unspecified atom stereocenters. The Morgan fingerprint density at radius 3 is 2.60 bits per heavy atom. The van der Waals surface area contributed by atoms with E-state index in [0.717, 1.165) is 18.4 Å². The molecule has 106 valence electrons. The molecule has 1 aromatic carbocycles. The van der Waals surface area contributed by atoms with E-state index in [-0.39, 0.29) is 5.56 Å². The number of aromatic carboxylic acids is 1. The largest absolute Gasteiger partial charge is 0.478 e. The number of rotatable bonds is 2. The second-order valence-corrected chi connectivity index (χ2v) is 6.20. The van der Waals surface area contributed by atoms with E-state index in [0.29, 0.717) is 23.4 Å². The van der Waals surface area contributed by atoms with Crippen LogP contribution in [0.15, 0.2) is 24.5 Å². The van der Waals surface area contributed by atoms with Crippen LogP contribution in [0.2, 0.25) is 0 Å². The fraction of sp³-hybridized carbons (Fsp3) is 0.500. The maximum atomic E-state index is 11.3. The highest BCUT2D eigenvalue weighted by atomic mass is 16.4. The molecule has 0 aliphatic heterocycles. The molecule has 20 heavy (non-hydrogen) atoms. The molecule has 1 aliphatic carbocycles. The van der Waals surface area contributed by atoms with Crippen LogP contribution in [0.3, 0.4) is 0 Å². The van der Waals surface area contributed by atoms with Crippen molar-refractivity contribution >= 4 is 17.0 Å². The van der Waals surface area contributed by atoms with Gasteiger partial charge in [0.2, 0.25) is 0 Å². The van der Waals surface area contributed by atoms with Crippen molar-refractivity contribution in [3.05, 3.63) is 30.1 Å². The predicted octanol–water partition coefficient (Wildman–Crippen LogP) is 3.73. The maximum Gasteiger partial charge on any atom is 0.337 e. The van der Waals surface area contributed by atoms with Gasteiger partial charge in [-0.15, -0.1) is 0 Å². The third-order valence-corrected chi connectivity index (χ3v) is 4.38. The molecule has 1 aliphatic rings. The highest BCUT2D eigenvalue weighted by Crippen LogP contribution is 2.37. The minimum absolute atomic E-state index is 0.290. The van der Waals surface area contributed by atoms with Gasteiger partial charge in [0.15, 0.2) is 0 Å². The van der Waals surface area contributed by atoms with E-state index < -0.39 is 5.97 Å². The lowest BCUT2D eigenvalue weighted by molar-refractivity contribution is 0.0699. The van der Waals surface area contributed by atoms with Gasteiger partial charge in [-0.2, -0.15) is 0 Å². The first kappa shape index (κ1) is 13.2. The third-order valence-electron chi connectivity index (χ3n) is 4.38. The number of hydrogen-bond donors (Lipinski definition) is 1. The lowest BCUT2D eigenvalue weighted by atomic mass is 9.80. The molecule has 0 radical (unpaired) electrons. The summed E-state index contributed by atoms with van der Waals surface area (Å²) in [7, 11) is 0. The van der Waals surface area contributed by atoms with Crippen molar-refractivity contribution in [1.29, 1.82) is 0 Å². The Bertz CT molecular complexity index is 637. The first-order valence-corrected chi connectivity index (χ1v) is 7.25. The van der Waals surface area contributed by atoms with Gasteiger partial charge in [-0.3, -0.25) is 0 Å². The standard InChI is InChI=1S/C16H20N2O2/c1-10-6-11(2)8-12(7-10)18-9-17-15-13(16(19)20)4-3-5-14(15)18/h3-5,9-12H,6-8H2,1-2H3,(H,19,20). The molecular weight excluding hydrogens is 252 g/mol. The van der Waals surface area contributed by atoms with E-state index in [1.54, 1.807) is 12.1 Å². The second kappa shape index (κ2) is 4.93. The molecule has 1 aromatic heterocycles. The molecule has 3 rings (SSSR count). The molecule has 4 nitrogen and oxygen atoms in total. The summed E-state index contributed by atoms with van der Waals surface area (Å²) in [5.41, 5.74) is 1.83. The number of aromatic nitrogens is 2. The zero-order chi connectivity index (χ0) is 14.3. The molecule has 1 N–H and O–H groups in total. The van der Waals surface area contributed by atoms with Gasteiger partial charge in [0.05, 0.1) is 17.4 Å². The van der Waals surface area contributed by atoms with Crippen LogP contribution >= 0.6 is 0 Å². The van der Waals surface area contributed by atoms with E-state index >= 15 is 0 Å². The third kappa shape index (κ3) is 2.19. The topological polar surface area (TPSA) is 55.1 Å². The zero-order valence-electron chi connectivity index (χ0n) is 11.9. The van der Waals surface area contributed by atoms with Crippen molar-refractivity contribution < 1.29 is 9.90 Å². The summed E-state index contributed by atoms with van der Waals surface area (Å²) in [6, 6.07) is 5.83. The Hall–Kier alpha value is -1.84. The fourth-order valence-corrected chi connectivity index (χ4v) is 3.65. The summed E-state index contributed by atoms with van der Waals surface area (Å²) in [4.78, 5) is 15.6. The summed E-state index contributed by atoms with van der Waals surface area (Å²) in [6.45, 7) is 4.59. The average Bonchev–Trinajstić information content (AvgIpc) is 2.80. The molecular formula is C16H20N2O2. The molecule has 1 saturated carbocycles. The van der Waals surface area contributed by atoms with Gasteiger partial charge in [-0.05, 0) is 43.2 Å². The van der Waals surface area contributed by atoms with Gasteiger partial charge < -0.3 is 9.67 Å². The molecule has 4 heteroatoms. The van der Waals surface area contributed by atoms with Crippen molar-refractivity contribution in [2.45, 2.75) is 39.2 Å². The van der Waals surface area contributed by atoms with Crippen LogP contribution in [0, 0.1) is 11.8 Å². The van der Waals surface area contributed by atoms with Crippen LogP contribution in [0.1, 0.15) is 49.5 Å². The van der Waals surface area contributed by atoms with Crippen LogP contribution in [0.25, 0.3) is 11.0 Å². The maximum absolute atomic E-state index is 11.3. The molecule has 1 heterocycles. The molecule has 0 spiro atoms. The van der Waals surface area contributed by atoms with Gasteiger partial charge in [0.25, 0.3) is 0 Å². The molecule has 2 aromatic rings. The lowest BCUT2D eigenvalue weighted by Crippen LogP contribution is -2.22. The van der Waals surface area contributed by atoms with Crippen molar-refractivity contribution in [1.82, 2.24) is 9.55 Å². The molecule has 0 bridgehead atoms. The Morgan fingerprint density at radius 1 is 1.25 bits per heavy atom. The van der Waals surface area contributed by atoms with E-state index in [2.05, 4.69) is 23.4 Å². The first-order valence-electron chi connectivity index (χ1n) is 7.25. The number of carboxylic acids is 1. The van der Waals surface area contributed by atoms with Crippen LogP contribution < -0.4 is 0 Å². The predicted molar refractivity (Wildman–Crippen MR) is 77.9 cm³/mol. The van der Waals surface area contributed by atoms with Crippen LogP contribution in [-0.4, -0.2) is 20.6 Å². The number of carbonyl (C=O) groups is 1. The Labute approximate surface area is 118 Å². The van der Waals surface area contributed by atoms with Crippen molar-refractivity contribution in [2.75, 3.05) is 0 Å². The first-order chi connectivity index (χ1) is 9.56. The van der Waals surface area contributed by atoms with Gasteiger partial charge in [-0.25, -0.2) is 9.78 Å². The average molecular weight is 272 g/mol. The Balaban J connectivity index is 2.04. The quantitative estimate of drug-likeness (QED) is 0.906. The SMILES string of the molecule is CC1CC(C)CC(n2cnc3c(C(=O)O)cccc32)C1. The normalized spacial score (nSPS) is 26.8. The number of carboxylic acid groups (broad SMARTS) is 1. The van der Waals surface area contributed by atoms with Crippen molar-refractivity contribution in [3.8, 4) is 0 Å². The number of benzene rings is 1. The summed E-state index contributed by atoms with van der Waals surface area (Å²) >= 11 is 0. The summed E-state index contributed by atoms with van der Waals surface area (Å²) in [6.07, 6.45) is 5.39. The highest BCUT2D eigenvalue weighted by Gasteiger charge is 2.26. The van der Waals surface area contributed by atoms with E-state index in [1.807, 2.05) is 12.4 Å². The monoisotopic (exact) mass is 272 g/mol. The summed E-state index contributed by atoms with van der Waals surface area (Å²) in [5, 5.41) is 9.24. The fourth-order valence-electron chi connectivity index (χ4n) is 3.65. The van der Waals surface area contributed by atoms with Crippen molar-refractivity contribution in [2.24, 2.45) is 11.8 Å². The smallest absolute Gasteiger partial charge is 0.337 e. The number of nitrogens with zero attached hydrogens (tertiary/aromatic N) is 2. The van der Waals surface area contributed by atoms with Gasteiger partial charge in [0, 0.05) is 6.04 Å². The zero-order valence-corrected chi connectivity index (χ0v) is 11.9. The van der Waals surface area contributed by atoms with Crippen LogP contribution in [0.4, 0.5) is 0 Å². The molecule has 0 amide bonds. The number of para-hydroxylation sites is 1. The highest BCUT2D eigenvalue weighted by molar-refractivity contribution is 6.00. The number of imidazole rings is 1. The number of fused-ring (bicyclic) bond motifs is 1. The molecule has 2 atom stereocenters. The molecule has 0 saturated heterocycles. The minimum atomic E-state index is -0.911. The second-order valence-electron chi connectivity index (χ2n) is 6.20. The van der Waals surface area contributed by atoms with Crippen LogP contribution in [0.5, 0.6) is 0 Å².